The summed E-state index contributed by atoms with van der Waals surface area (Å²) in [4.78, 5) is 14.2. The Morgan fingerprint density at radius 2 is 2.24 bits per heavy atom. The standard InChI is InChI=1S/C17H22N2O2/c20-17-3-1-2-14-10-19(11-15(14)18-17)9-12-4-5-16-13(8-12)6-7-21-16/h4-5,8,14-15H,1-3,6-7,9-11H2,(H,18,20)/t14-,15+/m1/s1. The van der Waals surface area contributed by atoms with E-state index in [1.807, 2.05) is 0 Å². The Balaban J connectivity index is 1.43. The molecule has 4 rings (SSSR count). The smallest absolute Gasteiger partial charge is 0.220 e. The number of hydrogen-bond acceptors (Lipinski definition) is 3. The minimum Gasteiger partial charge on any atom is -0.493 e. The van der Waals surface area contributed by atoms with E-state index in [9.17, 15) is 4.79 Å². The molecule has 21 heavy (non-hydrogen) atoms. The van der Waals surface area contributed by atoms with Crippen LogP contribution in [0.4, 0.5) is 0 Å². The predicted octanol–water partition coefficient (Wildman–Crippen LogP) is 1.72. The second kappa shape index (κ2) is 5.34. The van der Waals surface area contributed by atoms with Crippen LogP contribution in [0.5, 0.6) is 5.75 Å². The van der Waals surface area contributed by atoms with Crippen molar-refractivity contribution >= 4 is 5.91 Å². The van der Waals surface area contributed by atoms with E-state index in [4.69, 9.17) is 4.74 Å². The van der Waals surface area contributed by atoms with Crippen molar-refractivity contribution < 1.29 is 9.53 Å². The first-order valence-electron chi connectivity index (χ1n) is 8.04. The van der Waals surface area contributed by atoms with Crippen LogP contribution in [-0.2, 0) is 17.8 Å². The van der Waals surface area contributed by atoms with E-state index in [0.29, 0.717) is 18.4 Å². The number of benzene rings is 1. The van der Waals surface area contributed by atoms with Crippen LogP contribution in [0.25, 0.3) is 0 Å². The third kappa shape index (κ3) is 2.64. The zero-order chi connectivity index (χ0) is 14.2. The Morgan fingerprint density at radius 1 is 1.29 bits per heavy atom. The monoisotopic (exact) mass is 286 g/mol. The quantitative estimate of drug-likeness (QED) is 0.900. The molecule has 1 amide bonds. The summed E-state index contributed by atoms with van der Waals surface area (Å²) in [6.45, 7) is 3.90. The fourth-order valence-electron chi connectivity index (χ4n) is 3.95. The second-order valence-electron chi connectivity index (χ2n) is 6.56. The SMILES string of the molecule is O=C1CCC[C@@H]2CN(Cc3ccc4c(c3)CCO4)C[C@@H]2N1. The highest BCUT2D eigenvalue weighted by molar-refractivity contribution is 5.76. The number of carbonyl (C=O) groups excluding carboxylic acids is 1. The van der Waals surface area contributed by atoms with Crippen molar-refractivity contribution in [3.05, 3.63) is 29.3 Å². The molecule has 0 aromatic heterocycles. The van der Waals surface area contributed by atoms with Gasteiger partial charge in [0, 0.05) is 38.5 Å². The normalized spacial score (nSPS) is 28.5. The zero-order valence-corrected chi connectivity index (χ0v) is 12.3. The highest BCUT2D eigenvalue weighted by atomic mass is 16.5. The van der Waals surface area contributed by atoms with Crippen LogP contribution in [0.1, 0.15) is 30.4 Å². The molecule has 1 N–H and O–H groups in total. The van der Waals surface area contributed by atoms with Gasteiger partial charge in [-0.25, -0.2) is 0 Å². The molecule has 0 bridgehead atoms. The molecule has 0 radical (unpaired) electrons. The van der Waals surface area contributed by atoms with Crippen molar-refractivity contribution in [2.45, 2.75) is 38.3 Å². The van der Waals surface area contributed by atoms with Gasteiger partial charge in [-0.2, -0.15) is 0 Å². The van der Waals surface area contributed by atoms with Crippen LogP contribution < -0.4 is 10.1 Å². The summed E-state index contributed by atoms with van der Waals surface area (Å²) in [5.74, 6) is 1.92. The number of fused-ring (bicyclic) bond motifs is 2. The molecular weight excluding hydrogens is 264 g/mol. The Bertz CT molecular complexity index is 558. The Kier molecular flexibility index (Phi) is 3.34. The number of likely N-dealkylation sites (tertiary alicyclic amines) is 1. The van der Waals surface area contributed by atoms with Gasteiger partial charge >= 0.3 is 0 Å². The first-order chi connectivity index (χ1) is 10.3. The molecule has 2 saturated heterocycles. The van der Waals surface area contributed by atoms with E-state index in [1.54, 1.807) is 0 Å². The van der Waals surface area contributed by atoms with E-state index in [2.05, 4.69) is 28.4 Å². The lowest BCUT2D eigenvalue weighted by molar-refractivity contribution is -0.121. The summed E-state index contributed by atoms with van der Waals surface area (Å²) in [5.41, 5.74) is 2.70. The Morgan fingerprint density at radius 3 is 3.19 bits per heavy atom. The van der Waals surface area contributed by atoms with Gasteiger partial charge in [-0.05, 0) is 36.0 Å². The first kappa shape index (κ1) is 13.1. The first-order valence-corrected chi connectivity index (χ1v) is 8.04. The summed E-state index contributed by atoms with van der Waals surface area (Å²) in [5, 5.41) is 3.20. The fourth-order valence-corrected chi connectivity index (χ4v) is 3.95. The van der Waals surface area contributed by atoms with Gasteiger partial charge in [0.15, 0.2) is 0 Å². The zero-order valence-electron chi connectivity index (χ0n) is 12.3. The van der Waals surface area contributed by atoms with Crippen LogP contribution in [0.2, 0.25) is 0 Å². The molecule has 2 atom stereocenters. The fraction of sp³-hybridized carbons (Fsp3) is 0.588. The topological polar surface area (TPSA) is 41.6 Å². The van der Waals surface area contributed by atoms with Gasteiger partial charge in [0.25, 0.3) is 0 Å². The molecule has 1 aromatic carbocycles. The average Bonchev–Trinajstić information content (AvgIpc) is 3.02. The van der Waals surface area contributed by atoms with Crippen molar-refractivity contribution in [3.8, 4) is 5.75 Å². The van der Waals surface area contributed by atoms with E-state index < -0.39 is 0 Å². The van der Waals surface area contributed by atoms with Crippen molar-refractivity contribution in [2.75, 3.05) is 19.7 Å². The summed E-state index contributed by atoms with van der Waals surface area (Å²) in [6, 6.07) is 6.93. The predicted molar refractivity (Wildman–Crippen MR) is 80.2 cm³/mol. The number of nitrogens with zero attached hydrogens (tertiary/aromatic N) is 1. The van der Waals surface area contributed by atoms with Crippen molar-refractivity contribution in [1.29, 1.82) is 0 Å². The van der Waals surface area contributed by atoms with E-state index >= 15 is 0 Å². The highest BCUT2D eigenvalue weighted by Crippen LogP contribution is 2.29. The van der Waals surface area contributed by atoms with E-state index in [1.165, 1.54) is 17.5 Å². The molecule has 3 aliphatic rings. The van der Waals surface area contributed by atoms with Gasteiger partial charge < -0.3 is 10.1 Å². The van der Waals surface area contributed by atoms with Crippen LogP contribution in [0, 0.1) is 5.92 Å². The Hall–Kier alpha value is -1.55. The molecule has 2 fully saturated rings. The minimum absolute atomic E-state index is 0.235. The van der Waals surface area contributed by atoms with Crippen molar-refractivity contribution in [1.82, 2.24) is 10.2 Å². The van der Waals surface area contributed by atoms with Gasteiger partial charge in [-0.15, -0.1) is 0 Å². The summed E-state index contributed by atoms with van der Waals surface area (Å²) >= 11 is 0. The van der Waals surface area contributed by atoms with Gasteiger partial charge in [-0.3, -0.25) is 9.69 Å². The maximum Gasteiger partial charge on any atom is 0.220 e. The lowest BCUT2D eigenvalue weighted by atomic mass is 9.99. The van der Waals surface area contributed by atoms with Crippen molar-refractivity contribution in [2.24, 2.45) is 5.92 Å². The van der Waals surface area contributed by atoms with E-state index in [0.717, 1.165) is 44.8 Å². The molecule has 0 unspecified atom stereocenters. The molecule has 0 spiro atoms. The largest absolute Gasteiger partial charge is 0.493 e. The molecule has 4 nitrogen and oxygen atoms in total. The molecule has 4 heteroatoms. The molecule has 0 saturated carbocycles. The molecule has 3 aliphatic heterocycles. The van der Waals surface area contributed by atoms with E-state index in [-0.39, 0.29) is 5.91 Å². The summed E-state index contributed by atoms with van der Waals surface area (Å²) < 4.78 is 5.57. The van der Waals surface area contributed by atoms with Gasteiger partial charge in [0.05, 0.1) is 6.61 Å². The van der Waals surface area contributed by atoms with Gasteiger partial charge in [-0.1, -0.05) is 12.1 Å². The number of carbonyl (C=O) groups is 1. The van der Waals surface area contributed by atoms with Crippen LogP contribution in [-0.4, -0.2) is 36.5 Å². The third-order valence-corrected chi connectivity index (χ3v) is 5.00. The lowest BCUT2D eigenvalue weighted by Crippen LogP contribution is -2.38. The van der Waals surface area contributed by atoms with Crippen LogP contribution >= 0.6 is 0 Å². The third-order valence-electron chi connectivity index (χ3n) is 5.00. The molecular formula is C17H22N2O2. The van der Waals surface area contributed by atoms with Crippen LogP contribution in [0.15, 0.2) is 18.2 Å². The molecule has 3 heterocycles. The number of rotatable bonds is 2. The van der Waals surface area contributed by atoms with Gasteiger partial charge in [0.2, 0.25) is 5.91 Å². The van der Waals surface area contributed by atoms with Crippen LogP contribution in [0.3, 0.4) is 0 Å². The maximum absolute atomic E-state index is 11.7. The molecule has 1 aromatic rings. The Labute approximate surface area is 125 Å². The number of ether oxygens (including phenoxy) is 1. The van der Waals surface area contributed by atoms with Crippen molar-refractivity contribution in [3.63, 3.8) is 0 Å². The number of amides is 1. The molecule has 112 valence electrons. The minimum atomic E-state index is 0.235. The number of nitrogens with one attached hydrogen (secondary N) is 1. The van der Waals surface area contributed by atoms with Gasteiger partial charge in [0.1, 0.15) is 5.75 Å². The molecule has 0 aliphatic carbocycles. The summed E-state index contributed by atoms with van der Waals surface area (Å²) in [7, 11) is 0. The lowest BCUT2D eigenvalue weighted by Gasteiger charge is -2.17. The second-order valence-corrected chi connectivity index (χ2v) is 6.56. The maximum atomic E-state index is 11.7. The number of hydrogen-bond donors (Lipinski definition) is 1. The average molecular weight is 286 g/mol. The highest BCUT2D eigenvalue weighted by Gasteiger charge is 2.35. The summed E-state index contributed by atoms with van der Waals surface area (Å²) in [6.07, 6.45) is 3.96.